The van der Waals surface area contributed by atoms with Gasteiger partial charge in [0.2, 0.25) is 0 Å². The van der Waals surface area contributed by atoms with Crippen LogP contribution in [0.25, 0.3) is 5.57 Å². The largest absolute Gasteiger partial charge is 0.373 e. The number of hydrogen-bond acceptors (Lipinski definition) is 2. The molecule has 0 heterocycles. The van der Waals surface area contributed by atoms with Crippen LogP contribution < -0.4 is 5.32 Å². The van der Waals surface area contributed by atoms with Crippen molar-refractivity contribution in [1.82, 2.24) is 5.32 Å². The Kier molecular flexibility index (Phi) is 7.12. The number of rotatable bonds is 7. The third kappa shape index (κ3) is 4.88. The molecule has 0 atom stereocenters. The van der Waals surface area contributed by atoms with E-state index in [0.29, 0.717) is 0 Å². The van der Waals surface area contributed by atoms with Crippen LogP contribution >= 0.6 is 0 Å². The minimum atomic E-state index is 0.820. The zero-order chi connectivity index (χ0) is 14.8. The van der Waals surface area contributed by atoms with Gasteiger partial charge in [0.15, 0.2) is 0 Å². The van der Waals surface area contributed by atoms with Gasteiger partial charge < -0.3 is 5.32 Å². The zero-order valence-electron chi connectivity index (χ0n) is 12.7. The van der Waals surface area contributed by atoms with Gasteiger partial charge in [-0.3, -0.25) is 0 Å². The van der Waals surface area contributed by atoms with Crippen molar-refractivity contribution in [1.29, 1.82) is 0 Å². The van der Waals surface area contributed by atoms with E-state index >= 15 is 0 Å². The topological polar surface area (TPSA) is 24.4 Å². The predicted molar refractivity (Wildman–Crippen MR) is 89.9 cm³/mol. The molecule has 0 aliphatic heterocycles. The summed E-state index contributed by atoms with van der Waals surface area (Å²) in [4.78, 5) is 4.42. The molecule has 0 saturated carbocycles. The molecule has 1 rings (SSSR count). The maximum Gasteiger partial charge on any atom is 0.125 e. The highest BCUT2D eigenvalue weighted by atomic mass is 15.0. The van der Waals surface area contributed by atoms with Crippen molar-refractivity contribution in [2.24, 2.45) is 4.99 Å². The molecule has 0 unspecified atom stereocenters. The molecule has 1 N–H and O–H groups in total. The molecule has 0 aliphatic rings. The molecule has 0 aromatic heterocycles. The van der Waals surface area contributed by atoms with E-state index in [4.69, 9.17) is 0 Å². The second kappa shape index (κ2) is 8.92. The molecule has 1 aromatic rings. The second-order valence-electron chi connectivity index (χ2n) is 4.51. The van der Waals surface area contributed by atoms with Gasteiger partial charge in [-0.1, -0.05) is 49.9 Å². The molecule has 0 saturated heterocycles. The summed E-state index contributed by atoms with van der Waals surface area (Å²) < 4.78 is 0. The van der Waals surface area contributed by atoms with Gasteiger partial charge in [-0.25, -0.2) is 4.99 Å². The summed E-state index contributed by atoms with van der Waals surface area (Å²) in [6.07, 6.45) is 9.65. The van der Waals surface area contributed by atoms with Crippen molar-refractivity contribution >= 4 is 11.8 Å². The summed E-state index contributed by atoms with van der Waals surface area (Å²) in [7, 11) is 1.86. The van der Waals surface area contributed by atoms with Crippen LogP contribution in [0.15, 0.2) is 59.9 Å². The molecule has 2 nitrogen and oxygen atoms in total. The summed E-state index contributed by atoms with van der Waals surface area (Å²) in [5, 5.41) is 3.03. The van der Waals surface area contributed by atoms with Crippen molar-refractivity contribution in [3.63, 3.8) is 0 Å². The minimum absolute atomic E-state index is 0.820. The summed E-state index contributed by atoms with van der Waals surface area (Å²) in [5.74, 6) is 0.820. The Morgan fingerprint density at radius 2 is 2.10 bits per heavy atom. The maximum absolute atomic E-state index is 4.42. The highest BCUT2D eigenvalue weighted by molar-refractivity contribution is 5.81. The van der Waals surface area contributed by atoms with E-state index < -0.39 is 0 Å². The quantitative estimate of drug-likeness (QED) is 0.571. The van der Waals surface area contributed by atoms with Gasteiger partial charge in [0.1, 0.15) is 5.82 Å². The molecular weight excluding hydrogens is 244 g/mol. The van der Waals surface area contributed by atoms with Crippen LogP contribution in [0.5, 0.6) is 0 Å². The number of nitrogens with one attached hydrogen (secondary N) is 1. The third-order valence-electron chi connectivity index (χ3n) is 3.01. The fourth-order valence-electron chi connectivity index (χ4n) is 2.03. The smallest absolute Gasteiger partial charge is 0.125 e. The SMILES string of the molecule is C=C/C=C(\N=C/C/C(=C\CC)c1ccccc1C)NC. The van der Waals surface area contributed by atoms with Crippen LogP contribution in [0.4, 0.5) is 0 Å². The Morgan fingerprint density at radius 3 is 2.70 bits per heavy atom. The van der Waals surface area contributed by atoms with E-state index in [1.165, 1.54) is 16.7 Å². The number of benzene rings is 1. The molecule has 20 heavy (non-hydrogen) atoms. The first kappa shape index (κ1) is 16.0. The number of aliphatic imine (C=N–C) groups is 1. The molecule has 0 bridgehead atoms. The van der Waals surface area contributed by atoms with Crippen molar-refractivity contribution in [2.45, 2.75) is 26.7 Å². The summed E-state index contributed by atoms with van der Waals surface area (Å²) >= 11 is 0. The van der Waals surface area contributed by atoms with Crippen LogP contribution in [-0.4, -0.2) is 13.3 Å². The minimum Gasteiger partial charge on any atom is -0.373 e. The van der Waals surface area contributed by atoms with Gasteiger partial charge in [-0.15, -0.1) is 0 Å². The lowest BCUT2D eigenvalue weighted by molar-refractivity contribution is 0.967. The molecular formula is C18H24N2. The first-order valence-electron chi connectivity index (χ1n) is 7.01. The molecule has 1 aromatic carbocycles. The second-order valence-corrected chi connectivity index (χ2v) is 4.51. The lowest BCUT2D eigenvalue weighted by Crippen LogP contribution is -2.03. The van der Waals surface area contributed by atoms with Crippen LogP contribution in [0.3, 0.4) is 0 Å². The standard InChI is InChI=1S/C18H24N2/c1-5-9-16(17-12-8-7-11-15(17)3)13-14-20-18(19-4)10-6-2/h6-12,14,19H,2,5,13H2,1,3-4H3/b16-9+,18-10-,20-14-. The van der Waals surface area contributed by atoms with E-state index in [9.17, 15) is 0 Å². The van der Waals surface area contributed by atoms with Crippen molar-refractivity contribution in [3.05, 3.63) is 66.0 Å². The average Bonchev–Trinajstić information content (AvgIpc) is 2.46. The van der Waals surface area contributed by atoms with Gasteiger partial charge in [0.05, 0.1) is 0 Å². The fraction of sp³-hybridized carbons (Fsp3) is 0.278. The fourth-order valence-corrected chi connectivity index (χ4v) is 2.03. The molecule has 0 spiro atoms. The highest BCUT2D eigenvalue weighted by Gasteiger charge is 2.02. The first-order valence-corrected chi connectivity index (χ1v) is 7.01. The zero-order valence-corrected chi connectivity index (χ0v) is 12.7. The molecule has 106 valence electrons. The van der Waals surface area contributed by atoms with Crippen LogP contribution in [0.1, 0.15) is 30.9 Å². The lowest BCUT2D eigenvalue weighted by Gasteiger charge is -2.08. The van der Waals surface area contributed by atoms with Gasteiger partial charge in [0.25, 0.3) is 0 Å². The molecule has 0 radical (unpaired) electrons. The molecule has 0 fully saturated rings. The number of hydrogen-bond donors (Lipinski definition) is 1. The Morgan fingerprint density at radius 1 is 1.35 bits per heavy atom. The van der Waals surface area contributed by atoms with E-state index in [2.05, 4.69) is 61.1 Å². The molecule has 0 amide bonds. The van der Waals surface area contributed by atoms with E-state index in [1.54, 1.807) is 6.08 Å². The molecule has 0 aliphatic carbocycles. The number of nitrogens with zero attached hydrogens (tertiary/aromatic N) is 1. The third-order valence-corrected chi connectivity index (χ3v) is 3.01. The van der Waals surface area contributed by atoms with Crippen molar-refractivity contribution < 1.29 is 0 Å². The summed E-state index contributed by atoms with van der Waals surface area (Å²) in [6, 6.07) is 8.47. The first-order chi connectivity index (χ1) is 9.72. The lowest BCUT2D eigenvalue weighted by atomic mass is 9.98. The summed E-state index contributed by atoms with van der Waals surface area (Å²) in [5.41, 5.74) is 3.93. The van der Waals surface area contributed by atoms with Gasteiger partial charge in [-0.05, 0) is 36.1 Å². The predicted octanol–water partition coefficient (Wildman–Crippen LogP) is 4.50. The van der Waals surface area contributed by atoms with Crippen molar-refractivity contribution in [2.75, 3.05) is 7.05 Å². The Balaban J connectivity index is 2.88. The average molecular weight is 268 g/mol. The van der Waals surface area contributed by atoms with Crippen LogP contribution in [-0.2, 0) is 0 Å². The Labute approximate surface area is 122 Å². The number of aryl methyl sites for hydroxylation is 1. The van der Waals surface area contributed by atoms with Gasteiger partial charge in [0, 0.05) is 19.7 Å². The number of allylic oxidation sites excluding steroid dienone is 4. The Hall–Kier alpha value is -2.09. The highest BCUT2D eigenvalue weighted by Crippen LogP contribution is 2.21. The van der Waals surface area contributed by atoms with E-state index in [1.807, 2.05) is 19.3 Å². The monoisotopic (exact) mass is 268 g/mol. The van der Waals surface area contributed by atoms with E-state index in [-0.39, 0.29) is 0 Å². The van der Waals surface area contributed by atoms with Crippen LogP contribution in [0.2, 0.25) is 0 Å². The van der Waals surface area contributed by atoms with E-state index in [0.717, 1.165) is 18.7 Å². The maximum atomic E-state index is 4.42. The normalized spacial score (nSPS) is 12.8. The van der Waals surface area contributed by atoms with Crippen molar-refractivity contribution in [3.8, 4) is 0 Å². The Bertz CT molecular complexity index is 522. The van der Waals surface area contributed by atoms with Gasteiger partial charge >= 0.3 is 0 Å². The van der Waals surface area contributed by atoms with Crippen LogP contribution in [0, 0.1) is 6.92 Å². The van der Waals surface area contributed by atoms with Gasteiger partial charge in [-0.2, -0.15) is 0 Å². The summed E-state index contributed by atoms with van der Waals surface area (Å²) in [6.45, 7) is 7.98. The molecule has 2 heteroatoms.